The molecule has 22 rings (SSSR count). The minimum atomic E-state index is -0.483. The summed E-state index contributed by atoms with van der Waals surface area (Å²) in [6.07, 6.45) is 0. The number of fused-ring (bicyclic) bond motifs is 20. The molecule has 2 heterocycles. The third-order valence-corrected chi connectivity index (χ3v) is 23.5. The van der Waals surface area contributed by atoms with Crippen molar-refractivity contribution < 1.29 is 0 Å². The fraction of sp³-hybridized carbons (Fsp3) is 0.0185. The zero-order valence-corrected chi connectivity index (χ0v) is 61.8. The average molecular weight is 1450 g/mol. The Morgan fingerprint density at radius 1 is 0.167 bits per heavy atom. The van der Waals surface area contributed by atoms with Crippen LogP contribution < -0.4 is 0 Å². The summed E-state index contributed by atoms with van der Waals surface area (Å²) in [6.45, 7) is 15.8. The van der Waals surface area contributed by atoms with Gasteiger partial charge in [-0.1, -0.05) is 370 Å². The average Bonchev–Trinajstić information content (AvgIpc) is 1.51. The molecule has 6 nitrogen and oxygen atoms in total. The third-order valence-electron chi connectivity index (χ3n) is 23.5. The summed E-state index contributed by atoms with van der Waals surface area (Å²) < 4.78 is 0. The summed E-state index contributed by atoms with van der Waals surface area (Å²) in [5.41, 5.74) is 38.9. The van der Waals surface area contributed by atoms with Crippen LogP contribution >= 0.6 is 0 Å². The lowest BCUT2D eigenvalue weighted by atomic mass is 9.70. The van der Waals surface area contributed by atoms with Crippen molar-refractivity contribution in [3.05, 3.63) is 468 Å². The molecule has 18 aromatic rings. The van der Waals surface area contributed by atoms with Gasteiger partial charge in [-0.25, -0.2) is 29.6 Å². The number of hydrogen-bond donors (Lipinski definition) is 0. The van der Waals surface area contributed by atoms with E-state index in [-0.39, 0.29) is 0 Å². The smallest absolute Gasteiger partial charge is 0.187 e. The van der Waals surface area contributed by atoms with Crippen LogP contribution in [0, 0.1) is 13.1 Å². The Balaban J connectivity index is 0.000000143. The van der Waals surface area contributed by atoms with Gasteiger partial charge in [-0.05, 0) is 164 Å². The lowest BCUT2D eigenvalue weighted by Gasteiger charge is -2.30. The molecular formula is C108H66N6. The lowest BCUT2D eigenvalue weighted by molar-refractivity contribution is 0.794. The molecule has 16 aromatic carbocycles. The molecule has 528 valence electrons. The molecule has 0 unspecified atom stereocenters. The van der Waals surface area contributed by atoms with E-state index in [1.54, 1.807) is 0 Å². The highest BCUT2D eigenvalue weighted by molar-refractivity contribution is 5.99. The molecule has 114 heavy (non-hydrogen) atoms. The molecule has 0 saturated heterocycles. The Labute approximate surface area is 662 Å². The van der Waals surface area contributed by atoms with Gasteiger partial charge in [0.15, 0.2) is 23.0 Å². The predicted octanol–water partition coefficient (Wildman–Crippen LogP) is 27.4. The van der Waals surface area contributed by atoms with E-state index in [0.717, 1.165) is 89.5 Å². The van der Waals surface area contributed by atoms with Crippen LogP contribution in [0.25, 0.3) is 167 Å². The Morgan fingerprint density at radius 2 is 0.421 bits per heavy atom. The van der Waals surface area contributed by atoms with Crippen LogP contribution in [0.1, 0.15) is 44.5 Å². The first kappa shape index (κ1) is 66.8. The molecule has 0 bridgehead atoms. The highest BCUT2D eigenvalue weighted by Crippen LogP contribution is 2.65. The molecule has 0 saturated carbocycles. The van der Waals surface area contributed by atoms with Crippen LogP contribution in [-0.2, 0) is 10.8 Å². The van der Waals surface area contributed by atoms with Crippen molar-refractivity contribution in [2.75, 3.05) is 0 Å². The van der Waals surface area contributed by atoms with Gasteiger partial charge in [0.1, 0.15) is 0 Å². The minimum absolute atomic E-state index is 0.482. The number of benzene rings is 16. The minimum Gasteiger partial charge on any atom is -0.238 e. The van der Waals surface area contributed by atoms with E-state index < -0.39 is 10.8 Å². The molecule has 2 aromatic heterocycles. The maximum atomic E-state index is 7.91. The monoisotopic (exact) mass is 1450 g/mol. The first-order chi connectivity index (χ1) is 56.4. The normalized spacial score (nSPS) is 12.7. The maximum absolute atomic E-state index is 7.91. The van der Waals surface area contributed by atoms with E-state index >= 15 is 0 Å². The quantitative estimate of drug-likeness (QED) is 0.128. The van der Waals surface area contributed by atoms with Gasteiger partial charge in [0.25, 0.3) is 0 Å². The number of aromatic nitrogens is 4. The zero-order chi connectivity index (χ0) is 75.9. The van der Waals surface area contributed by atoms with E-state index in [1.807, 2.05) is 60.7 Å². The SMILES string of the molecule is [C-]#[N+]c1ccc2c(c1)C1(c3ccccc3-c3ccccc31)c1ccc(-c3ccc(-c4cc(-c5ccc(-c6ccccc6)cc5)nc(-c5ccccc5)n4)cc3)cc1-2.[C-]#[N+]c1ccc2c(c1)C1(c3ccccc3-c3ccccc31)c1ccc(-c3ccc(-c4cc(-c5ccccc5)nc(-c5cccc(-c6ccccc6)c5)n4)cc3)cc1-2. The van der Waals surface area contributed by atoms with Gasteiger partial charge in [0, 0.05) is 33.4 Å². The highest BCUT2D eigenvalue weighted by atomic mass is 14.9. The molecule has 0 amide bonds. The van der Waals surface area contributed by atoms with E-state index in [2.05, 4.69) is 349 Å². The van der Waals surface area contributed by atoms with Gasteiger partial charge >= 0.3 is 0 Å². The number of hydrogen-bond acceptors (Lipinski definition) is 4. The molecule has 4 aliphatic rings. The zero-order valence-electron chi connectivity index (χ0n) is 61.8. The lowest BCUT2D eigenvalue weighted by Crippen LogP contribution is -2.25. The third kappa shape index (κ3) is 10.9. The van der Waals surface area contributed by atoms with Gasteiger partial charge in [0.05, 0.1) is 46.7 Å². The second-order valence-electron chi connectivity index (χ2n) is 29.6. The number of nitrogens with zero attached hydrogens (tertiary/aromatic N) is 6. The second kappa shape index (κ2) is 27.3. The van der Waals surface area contributed by atoms with Crippen LogP contribution in [0.3, 0.4) is 0 Å². The van der Waals surface area contributed by atoms with E-state index in [4.69, 9.17) is 33.1 Å². The molecule has 0 fully saturated rings. The van der Waals surface area contributed by atoms with E-state index in [1.165, 1.54) is 100 Å². The van der Waals surface area contributed by atoms with Crippen LogP contribution in [-0.4, -0.2) is 19.9 Å². The molecular weight excluding hydrogens is 1380 g/mol. The Hall–Kier alpha value is -15.3. The summed E-state index contributed by atoms with van der Waals surface area (Å²) in [5.74, 6) is 1.39. The fourth-order valence-corrected chi connectivity index (χ4v) is 18.3. The van der Waals surface area contributed by atoms with Crippen LogP contribution in [0.15, 0.2) is 400 Å². The fourth-order valence-electron chi connectivity index (χ4n) is 18.3. The Kier molecular flexibility index (Phi) is 16.0. The van der Waals surface area contributed by atoms with Gasteiger partial charge in [-0.15, -0.1) is 0 Å². The van der Waals surface area contributed by atoms with E-state index in [0.29, 0.717) is 23.0 Å². The topological polar surface area (TPSA) is 60.3 Å². The molecule has 0 radical (unpaired) electrons. The van der Waals surface area contributed by atoms with Crippen LogP contribution in [0.2, 0.25) is 0 Å². The van der Waals surface area contributed by atoms with Crippen molar-refractivity contribution in [1.29, 1.82) is 0 Å². The van der Waals surface area contributed by atoms with Gasteiger partial charge in [0.2, 0.25) is 0 Å². The van der Waals surface area contributed by atoms with E-state index in [9.17, 15) is 0 Å². The van der Waals surface area contributed by atoms with Gasteiger partial charge in [-0.2, -0.15) is 0 Å². The molecule has 6 heteroatoms. The van der Waals surface area contributed by atoms with Crippen LogP contribution in [0.4, 0.5) is 11.4 Å². The second-order valence-corrected chi connectivity index (χ2v) is 29.6. The van der Waals surface area contributed by atoms with Crippen molar-refractivity contribution in [3.63, 3.8) is 0 Å². The standard InChI is InChI=1S/2C54H33N3/c1-55-42-28-29-45-46-32-40(27-30-49(46)54(50(45)33-42)47-21-10-8-19-43(47)44-20-9-11-22-48(44)54)36-23-25-38(26-24-36)52-34-51(37-15-6-3-7-16-37)56-53(57-52)41-18-12-17-39(31-41)35-13-4-2-5-14-35;1-55-42-29-30-45-46-32-41(28-31-49(46)54(50(45)33-42)47-18-10-8-16-43(47)44-17-9-11-19-48(44)54)37-22-26-39(27-23-37)52-34-51(56-53(57-52)40-14-6-3-7-15-40)38-24-20-36(21-25-38)35-12-4-2-5-13-35/h2*2-34H. The summed E-state index contributed by atoms with van der Waals surface area (Å²) in [6, 6.07) is 142. The summed E-state index contributed by atoms with van der Waals surface area (Å²) in [4.78, 5) is 28.2. The van der Waals surface area contributed by atoms with Crippen molar-refractivity contribution in [2.45, 2.75) is 10.8 Å². The molecule has 4 aliphatic carbocycles. The maximum Gasteiger partial charge on any atom is 0.187 e. The molecule has 0 aliphatic heterocycles. The Bertz CT molecular complexity index is 6870. The first-order valence-corrected chi connectivity index (χ1v) is 38.5. The predicted molar refractivity (Wildman–Crippen MR) is 464 cm³/mol. The van der Waals surface area contributed by atoms with Crippen molar-refractivity contribution in [3.8, 4) is 157 Å². The van der Waals surface area contributed by atoms with Gasteiger partial charge < -0.3 is 0 Å². The molecule has 2 spiro atoms. The largest absolute Gasteiger partial charge is 0.238 e. The highest BCUT2D eigenvalue weighted by Gasteiger charge is 2.53. The molecule has 0 N–H and O–H groups in total. The van der Waals surface area contributed by atoms with Crippen molar-refractivity contribution in [2.24, 2.45) is 0 Å². The summed E-state index contributed by atoms with van der Waals surface area (Å²) in [5, 5.41) is 0. The first-order valence-electron chi connectivity index (χ1n) is 38.5. The number of rotatable bonds is 10. The van der Waals surface area contributed by atoms with Crippen molar-refractivity contribution >= 4 is 11.4 Å². The van der Waals surface area contributed by atoms with Crippen molar-refractivity contribution in [1.82, 2.24) is 19.9 Å². The van der Waals surface area contributed by atoms with Gasteiger partial charge in [-0.3, -0.25) is 0 Å². The Morgan fingerprint density at radius 3 is 0.807 bits per heavy atom. The summed E-state index contributed by atoms with van der Waals surface area (Å²) >= 11 is 0. The summed E-state index contributed by atoms with van der Waals surface area (Å²) in [7, 11) is 0. The van der Waals surface area contributed by atoms with Crippen LogP contribution in [0.5, 0.6) is 0 Å². The molecule has 0 atom stereocenters.